The minimum Gasteiger partial charge on any atom is -0.465 e. The van der Waals surface area contributed by atoms with Crippen molar-refractivity contribution in [2.45, 2.75) is 50.2 Å². The molecular formula is C27H31F3N2O6. The van der Waals surface area contributed by atoms with Crippen LogP contribution in [0.5, 0.6) is 0 Å². The van der Waals surface area contributed by atoms with Gasteiger partial charge < -0.3 is 19.5 Å². The van der Waals surface area contributed by atoms with Crippen molar-refractivity contribution in [3.63, 3.8) is 0 Å². The number of likely N-dealkylation sites (tertiary alicyclic amines) is 1. The lowest BCUT2D eigenvalue weighted by Crippen LogP contribution is -2.64. The zero-order valence-electron chi connectivity index (χ0n) is 21.4. The summed E-state index contributed by atoms with van der Waals surface area (Å²) in [6.45, 7) is 3.00. The van der Waals surface area contributed by atoms with Gasteiger partial charge in [0, 0.05) is 32.2 Å². The lowest BCUT2D eigenvalue weighted by atomic mass is 9.88. The van der Waals surface area contributed by atoms with Crippen molar-refractivity contribution in [2.24, 2.45) is 0 Å². The molecule has 0 aliphatic carbocycles. The van der Waals surface area contributed by atoms with Crippen molar-refractivity contribution in [3.8, 4) is 0 Å². The van der Waals surface area contributed by atoms with E-state index in [1.807, 2.05) is 6.07 Å². The second-order valence-corrected chi connectivity index (χ2v) is 8.87. The third-order valence-electron chi connectivity index (χ3n) is 6.47. The number of hydrogen-bond acceptors (Lipinski definition) is 7. The molecule has 1 N–H and O–H groups in total. The van der Waals surface area contributed by atoms with Crippen LogP contribution in [0.4, 0.5) is 13.2 Å². The summed E-state index contributed by atoms with van der Waals surface area (Å²) in [6, 6.07) is 14.4. The summed E-state index contributed by atoms with van der Waals surface area (Å²) in [5.74, 6) is -3.23. The van der Waals surface area contributed by atoms with E-state index >= 15 is 0 Å². The van der Waals surface area contributed by atoms with Gasteiger partial charge in [0.25, 0.3) is 11.5 Å². The molecule has 1 aliphatic rings. The Labute approximate surface area is 219 Å². The molecule has 206 valence electrons. The van der Waals surface area contributed by atoms with Crippen molar-refractivity contribution < 1.29 is 41.8 Å². The van der Waals surface area contributed by atoms with E-state index in [4.69, 9.17) is 14.2 Å². The van der Waals surface area contributed by atoms with Crippen molar-refractivity contribution in [2.75, 3.05) is 26.9 Å². The number of alkyl halides is 3. The van der Waals surface area contributed by atoms with E-state index in [9.17, 15) is 27.6 Å². The van der Waals surface area contributed by atoms with Gasteiger partial charge in [-0.05, 0) is 19.4 Å². The predicted molar refractivity (Wildman–Crippen MR) is 131 cm³/mol. The molecule has 8 nitrogen and oxygen atoms in total. The van der Waals surface area contributed by atoms with E-state index in [-0.39, 0.29) is 32.7 Å². The zero-order valence-corrected chi connectivity index (χ0v) is 21.4. The average Bonchev–Trinajstić information content (AvgIpc) is 3.24. The molecular weight excluding hydrogens is 505 g/mol. The fraction of sp³-hybridized carbons (Fsp3) is 0.444. The summed E-state index contributed by atoms with van der Waals surface area (Å²) >= 11 is 0. The largest absolute Gasteiger partial charge is 0.465 e. The number of halogens is 3. The number of benzene rings is 2. The van der Waals surface area contributed by atoms with Gasteiger partial charge in [0.05, 0.1) is 13.2 Å². The fourth-order valence-electron chi connectivity index (χ4n) is 4.72. The van der Waals surface area contributed by atoms with E-state index in [1.165, 1.54) is 25.1 Å². The Morgan fingerprint density at radius 2 is 1.55 bits per heavy atom. The molecule has 11 heteroatoms. The van der Waals surface area contributed by atoms with Crippen LogP contribution >= 0.6 is 0 Å². The summed E-state index contributed by atoms with van der Waals surface area (Å²) in [5.41, 5.74) is -5.07. The predicted octanol–water partition coefficient (Wildman–Crippen LogP) is 3.35. The molecule has 0 spiro atoms. The fourth-order valence-corrected chi connectivity index (χ4v) is 4.72. The van der Waals surface area contributed by atoms with Gasteiger partial charge in [-0.25, -0.2) is 4.79 Å². The highest BCUT2D eigenvalue weighted by molar-refractivity contribution is 5.95. The highest BCUT2D eigenvalue weighted by Crippen LogP contribution is 2.43. The number of ether oxygens (including phenoxy) is 3. The van der Waals surface area contributed by atoms with E-state index in [0.717, 1.165) is 24.8 Å². The molecule has 1 aliphatic heterocycles. The Hall–Kier alpha value is -3.44. The molecule has 0 bridgehead atoms. The Balaban J connectivity index is 2.07. The molecule has 3 atom stereocenters. The second kappa shape index (κ2) is 12.0. The quantitative estimate of drug-likeness (QED) is 0.466. The minimum atomic E-state index is -5.19. The number of esters is 2. The molecule has 0 radical (unpaired) electrons. The standard InChI is InChI=1S/C27H31F3N2O6/c1-4-37-22(33)21-16-25(24(35)38-5-2,18-32(21)17-19-12-8-6-9-13-19)31-23(34)26(36-3,27(28,29)30)20-14-10-7-11-15-20/h6-15,21H,4-5,16-18H2,1-3H3,(H,31,34)/t21-,25-,26+/m0/s1. The van der Waals surface area contributed by atoms with Crippen molar-refractivity contribution >= 4 is 17.8 Å². The summed E-state index contributed by atoms with van der Waals surface area (Å²) in [7, 11) is 0.773. The number of carbonyl (C=O) groups is 3. The van der Waals surface area contributed by atoms with Crippen molar-refractivity contribution in [3.05, 3.63) is 71.8 Å². The SMILES string of the molecule is CCOC(=O)[C@@H]1C[C@@](NC(=O)[C@](OC)(c2ccccc2)C(F)(F)F)(C(=O)OCC)CN1Cc1ccccc1. The Kier molecular flexibility index (Phi) is 9.16. The van der Waals surface area contributed by atoms with Crippen LogP contribution in [-0.4, -0.2) is 67.4 Å². The van der Waals surface area contributed by atoms with E-state index in [0.29, 0.717) is 0 Å². The summed E-state index contributed by atoms with van der Waals surface area (Å²) in [4.78, 5) is 41.4. The van der Waals surface area contributed by atoms with Crippen LogP contribution in [0.2, 0.25) is 0 Å². The van der Waals surface area contributed by atoms with Gasteiger partial charge in [0.2, 0.25) is 0 Å². The summed E-state index contributed by atoms with van der Waals surface area (Å²) < 4.78 is 58.9. The van der Waals surface area contributed by atoms with Crippen LogP contribution in [0, 0.1) is 0 Å². The molecule has 3 rings (SSSR count). The van der Waals surface area contributed by atoms with E-state index in [1.54, 1.807) is 36.1 Å². The highest BCUT2D eigenvalue weighted by atomic mass is 19.4. The van der Waals surface area contributed by atoms with Gasteiger partial charge in [0.1, 0.15) is 6.04 Å². The first-order valence-corrected chi connectivity index (χ1v) is 12.2. The number of hydrogen-bond donors (Lipinski definition) is 1. The van der Waals surface area contributed by atoms with Gasteiger partial charge in [-0.1, -0.05) is 60.7 Å². The lowest BCUT2D eigenvalue weighted by Gasteiger charge is -2.37. The zero-order chi connectivity index (χ0) is 28.0. The highest BCUT2D eigenvalue weighted by Gasteiger charge is 2.65. The smallest absolute Gasteiger partial charge is 0.430 e. The summed E-state index contributed by atoms with van der Waals surface area (Å²) in [6.07, 6.45) is -5.54. The minimum absolute atomic E-state index is 0.0577. The Bertz CT molecular complexity index is 1110. The average molecular weight is 537 g/mol. The monoisotopic (exact) mass is 536 g/mol. The number of carbonyl (C=O) groups excluding carboxylic acids is 3. The van der Waals surface area contributed by atoms with Crippen LogP contribution in [0.25, 0.3) is 0 Å². The molecule has 0 aromatic heterocycles. The number of amides is 1. The molecule has 1 fully saturated rings. The van der Waals surface area contributed by atoms with Gasteiger partial charge in [-0.3, -0.25) is 14.5 Å². The third kappa shape index (κ3) is 5.68. The van der Waals surface area contributed by atoms with Crippen LogP contribution in [0.1, 0.15) is 31.4 Å². The second-order valence-electron chi connectivity index (χ2n) is 8.87. The van der Waals surface area contributed by atoms with Gasteiger partial charge in [-0.15, -0.1) is 0 Å². The molecule has 2 aromatic carbocycles. The maximum absolute atomic E-state index is 14.5. The van der Waals surface area contributed by atoms with Gasteiger partial charge in [-0.2, -0.15) is 13.2 Å². The van der Waals surface area contributed by atoms with Gasteiger partial charge in [0.15, 0.2) is 5.54 Å². The molecule has 1 heterocycles. The molecule has 1 saturated heterocycles. The van der Waals surface area contributed by atoms with Crippen LogP contribution in [-0.2, 0) is 40.7 Å². The molecule has 0 unspecified atom stereocenters. The van der Waals surface area contributed by atoms with Crippen LogP contribution < -0.4 is 5.32 Å². The van der Waals surface area contributed by atoms with E-state index in [2.05, 4.69) is 5.32 Å². The number of nitrogens with zero attached hydrogens (tertiary/aromatic N) is 1. The lowest BCUT2D eigenvalue weighted by molar-refractivity contribution is -0.266. The number of rotatable bonds is 10. The van der Waals surface area contributed by atoms with E-state index < -0.39 is 46.8 Å². The normalized spacial score (nSPS) is 21.4. The maximum atomic E-state index is 14.5. The first-order valence-electron chi connectivity index (χ1n) is 12.2. The molecule has 0 saturated carbocycles. The third-order valence-corrected chi connectivity index (χ3v) is 6.47. The van der Waals surface area contributed by atoms with Crippen LogP contribution in [0.15, 0.2) is 60.7 Å². The molecule has 1 amide bonds. The van der Waals surface area contributed by atoms with Gasteiger partial charge >= 0.3 is 18.1 Å². The van der Waals surface area contributed by atoms with Crippen molar-refractivity contribution in [1.29, 1.82) is 0 Å². The van der Waals surface area contributed by atoms with Crippen LogP contribution in [0.3, 0.4) is 0 Å². The Morgan fingerprint density at radius 3 is 2.08 bits per heavy atom. The maximum Gasteiger partial charge on any atom is 0.430 e. The number of nitrogens with one attached hydrogen (secondary N) is 1. The first kappa shape index (κ1) is 29.1. The topological polar surface area (TPSA) is 94.2 Å². The van der Waals surface area contributed by atoms with Crippen molar-refractivity contribution in [1.82, 2.24) is 10.2 Å². The Morgan fingerprint density at radius 1 is 0.974 bits per heavy atom. The summed E-state index contributed by atoms with van der Waals surface area (Å²) in [5, 5.41) is 2.31. The molecule has 2 aromatic rings. The number of methoxy groups -OCH3 is 1. The molecule has 38 heavy (non-hydrogen) atoms. The first-order chi connectivity index (χ1) is 18.0.